The summed E-state index contributed by atoms with van der Waals surface area (Å²) in [5.41, 5.74) is 1.97. The molecule has 3 rings (SSSR count). The zero-order valence-electron chi connectivity index (χ0n) is 12.7. The van der Waals surface area contributed by atoms with Gasteiger partial charge in [0.2, 0.25) is 0 Å². The topological polar surface area (TPSA) is 52.3 Å². The second-order valence-electron chi connectivity index (χ2n) is 5.20. The summed E-state index contributed by atoms with van der Waals surface area (Å²) in [5, 5.41) is 7.58. The molecule has 0 radical (unpaired) electrons. The first-order chi connectivity index (χ1) is 11.2. The zero-order chi connectivity index (χ0) is 17.5. The van der Waals surface area contributed by atoms with Gasteiger partial charge in [0.1, 0.15) is 5.75 Å². The van der Waals surface area contributed by atoms with Gasteiger partial charge in [0.25, 0.3) is 0 Å². The number of hydrogen-bond acceptors (Lipinski definition) is 4. The van der Waals surface area contributed by atoms with E-state index in [1.165, 1.54) is 35.7 Å². The van der Waals surface area contributed by atoms with Gasteiger partial charge in [-0.1, -0.05) is 0 Å². The van der Waals surface area contributed by atoms with Gasteiger partial charge in [-0.25, -0.2) is 4.39 Å². The molecule has 0 aliphatic heterocycles. The fraction of sp³-hybridized carbons (Fsp3) is 0.267. The van der Waals surface area contributed by atoms with Gasteiger partial charge in [0.15, 0.2) is 17.6 Å². The normalized spacial score (nSPS) is 13.2. The molecule has 2 aromatic heterocycles. The predicted octanol–water partition coefficient (Wildman–Crippen LogP) is 4.03. The average Bonchev–Trinajstić information content (AvgIpc) is 2.88. The number of aryl methyl sites for hydroxylation is 1. The highest BCUT2D eigenvalue weighted by Crippen LogP contribution is 2.29. The Hall–Kier alpha value is -2.71. The maximum atomic E-state index is 13.6. The lowest BCUT2D eigenvalue weighted by molar-refractivity contribution is -0.274. The monoisotopic (exact) mass is 340 g/mol. The summed E-state index contributed by atoms with van der Waals surface area (Å²) in [4.78, 5) is 4.21. The molecule has 0 aliphatic carbocycles. The molecule has 0 fully saturated rings. The molecule has 2 heterocycles. The summed E-state index contributed by atoms with van der Waals surface area (Å²) >= 11 is 0. The largest absolute Gasteiger partial charge is 0.573 e. The predicted molar refractivity (Wildman–Crippen MR) is 77.2 cm³/mol. The smallest absolute Gasteiger partial charge is 0.406 e. The molecule has 0 amide bonds. The Balaban J connectivity index is 2.02. The van der Waals surface area contributed by atoms with Crippen molar-refractivity contribution in [1.82, 2.24) is 19.6 Å². The molecule has 1 unspecified atom stereocenters. The second kappa shape index (κ2) is 5.73. The van der Waals surface area contributed by atoms with Crippen molar-refractivity contribution in [2.75, 3.05) is 0 Å². The Kier molecular flexibility index (Phi) is 3.86. The van der Waals surface area contributed by atoms with Crippen LogP contribution in [-0.2, 0) is 0 Å². The fourth-order valence-corrected chi connectivity index (χ4v) is 2.35. The van der Waals surface area contributed by atoms with Crippen molar-refractivity contribution in [2.45, 2.75) is 26.4 Å². The minimum atomic E-state index is -4.75. The van der Waals surface area contributed by atoms with Crippen molar-refractivity contribution in [3.8, 4) is 17.0 Å². The van der Waals surface area contributed by atoms with Crippen molar-refractivity contribution in [3.63, 3.8) is 0 Å². The molecule has 0 saturated carbocycles. The van der Waals surface area contributed by atoms with Crippen LogP contribution < -0.4 is 4.74 Å². The minimum absolute atomic E-state index is 0.128. The first kappa shape index (κ1) is 16.2. The van der Waals surface area contributed by atoms with Crippen LogP contribution in [0, 0.1) is 6.92 Å². The lowest BCUT2D eigenvalue weighted by atomic mass is 10.1. The van der Waals surface area contributed by atoms with E-state index in [4.69, 9.17) is 0 Å². The number of benzene rings is 1. The number of hydrogen-bond donors (Lipinski definition) is 0. The van der Waals surface area contributed by atoms with E-state index in [1.807, 2.05) is 0 Å². The molecular formula is C15H12F4N4O. The standard InChI is InChI=1S/C15H12F4N4O/c1-8-5-10(24-15(17,18)19)3-4-11(8)12-7-23-13(6-20-12)21-22-14(23)9(2)16/h3-7,9H,1-2H3. The molecule has 0 spiro atoms. The third-order valence-corrected chi connectivity index (χ3v) is 3.38. The number of halogens is 4. The van der Waals surface area contributed by atoms with E-state index < -0.39 is 12.5 Å². The van der Waals surface area contributed by atoms with Crippen molar-refractivity contribution in [2.24, 2.45) is 0 Å². The van der Waals surface area contributed by atoms with Crippen molar-refractivity contribution >= 4 is 5.65 Å². The van der Waals surface area contributed by atoms with Gasteiger partial charge in [-0.3, -0.25) is 9.38 Å². The molecular weight excluding hydrogens is 328 g/mol. The molecule has 0 bridgehead atoms. The molecule has 3 aromatic rings. The second-order valence-corrected chi connectivity index (χ2v) is 5.20. The number of nitrogens with zero attached hydrogens (tertiary/aromatic N) is 4. The fourth-order valence-electron chi connectivity index (χ4n) is 2.35. The van der Waals surface area contributed by atoms with E-state index in [0.717, 1.165) is 0 Å². The van der Waals surface area contributed by atoms with E-state index in [-0.39, 0.29) is 11.6 Å². The summed E-state index contributed by atoms with van der Waals surface area (Å²) in [6.45, 7) is 2.97. The van der Waals surface area contributed by atoms with Crippen LogP contribution >= 0.6 is 0 Å². The summed E-state index contributed by atoms with van der Waals surface area (Å²) in [7, 11) is 0. The molecule has 0 aliphatic rings. The Morgan fingerprint density at radius 3 is 2.58 bits per heavy atom. The number of aromatic nitrogens is 4. The van der Waals surface area contributed by atoms with Gasteiger partial charge in [-0.2, -0.15) is 0 Å². The molecule has 126 valence electrons. The first-order valence-electron chi connectivity index (χ1n) is 6.96. The van der Waals surface area contributed by atoms with Crippen LogP contribution in [0.4, 0.5) is 17.6 Å². The van der Waals surface area contributed by atoms with Crippen molar-refractivity contribution < 1.29 is 22.3 Å². The van der Waals surface area contributed by atoms with Crippen LogP contribution in [0.1, 0.15) is 24.5 Å². The number of fused-ring (bicyclic) bond motifs is 1. The van der Waals surface area contributed by atoms with Crippen molar-refractivity contribution in [1.29, 1.82) is 0 Å². The first-order valence-corrected chi connectivity index (χ1v) is 6.96. The van der Waals surface area contributed by atoms with Crippen LogP contribution in [0.5, 0.6) is 5.75 Å². The lowest BCUT2D eigenvalue weighted by Gasteiger charge is -2.12. The van der Waals surface area contributed by atoms with Gasteiger partial charge in [-0.15, -0.1) is 23.4 Å². The summed E-state index contributed by atoms with van der Waals surface area (Å²) in [6, 6.07) is 3.93. The molecule has 0 saturated heterocycles. The molecule has 5 nitrogen and oxygen atoms in total. The van der Waals surface area contributed by atoms with Gasteiger partial charge >= 0.3 is 6.36 Å². The number of rotatable bonds is 3. The average molecular weight is 340 g/mol. The third-order valence-electron chi connectivity index (χ3n) is 3.38. The SMILES string of the molecule is Cc1cc(OC(F)(F)F)ccc1-c1cn2c(C(C)F)nnc2cn1. The number of ether oxygens (including phenoxy) is 1. The van der Waals surface area contributed by atoms with Crippen LogP contribution in [0.2, 0.25) is 0 Å². The lowest BCUT2D eigenvalue weighted by Crippen LogP contribution is -2.17. The Morgan fingerprint density at radius 1 is 1.21 bits per heavy atom. The van der Waals surface area contributed by atoms with Crippen molar-refractivity contribution in [3.05, 3.63) is 42.0 Å². The molecule has 9 heteroatoms. The maximum absolute atomic E-state index is 13.6. The van der Waals surface area contributed by atoms with E-state index in [1.54, 1.807) is 13.1 Å². The summed E-state index contributed by atoms with van der Waals surface area (Å²) in [6.07, 6.45) is -3.10. The van der Waals surface area contributed by atoms with Crippen LogP contribution in [0.25, 0.3) is 16.9 Å². The van der Waals surface area contributed by atoms with Gasteiger partial charge < -0.3 is 4.74 Å². The Bertz CT molecular complexity index is 889. The molecule has 0 N–H and O–H groups in total. The van der Waals surface area contributed by atoms with Gasteiger partial charge in [0, 0.05) is 11.8 Å². The highest BCUT2D eigenvalue weighted by Gasteiger charge is 2.31. The van der Waals surface area contributed by atoms with E-state index in [0.29, 0.717) is 22.5 Å². The number of alkyl halides is 4. The van der Waals surface area contributed by atoms with Gasteiger partial charge in [-0.05, 0) is 37.6 Å². The molecule has 1 atom stereocenters. The van der Waals surface area contributed by atoms with Crippen LogP contribution in [0.15, 0.2) is 30.6 Å². The van der Waals surface area contributed by atoms with Crippen LogP contribution in [-0.4, -0.2) is 25.9 Å². The summed E-state index contributed by atoms with van der Waals surface area (Å²) in [5.74, 6) is -0.185. The Labute approximate surface area is 133 Å². The third kappa shape index (κ3) is 3.15. The summed E-state index contributed by atoms with van der Waals surface area (Å²) < 4.78 is 55.7. The Morgan fingerprint density at radius 2 is 1.96 bits per heavy atom. The maximum Gasteiger partial charge on any atom is 0.573 e. The van der Waals surface area contributed by atoms with E-state index in [9.17, 15) is 17.6 Å². The zero-order valence-corrected chi connectivity index (χ0v) is 12.7. The molecule has 24 heavy (non-hydrogen) atoms. The van der Waals surface area contributed by atoms with Crippen LogP contribution in [0.3, 0.4) is 0 Å². The highest BCUT2D eigenvalue weighted by atomic mass is 19.4. The minimum Gasteiger partial charge on any atom is -0.406 e. The van der Waals surface area contributed by atoms with Gasteiger partial charge in [0.05, 0.1) is 11.9 Å². The highest BCUT2D eigenvalue weighted by molar-refractivity contribution is 5.65. The van der Waals surface area contributed by atoms with E-state index >= 15 is 0 Å². The van der Waals surface area contributed by atoms with E-state index in [2.05, 4.69) is 19.9 Å². The quantitative estimate of drug-likeness (QED) is 0.676. The molecule has 1 aromatic carbocycles.